The molecule has 162 valence electrons. The number of halogens is 2. The first-order valence-corrected chi connectivity index (χ1v) is 10.9. The maximum atomic E-state index is 9.41. The first-order chi connectivity index (χ1) is 14.6. The summed E-state index contributed by atoms with van der Waals surface area (Å²) in [7, 11) is 0. The van der Waals surface area contributed by atoms with Gasteiger partial charge in [0.05, 0.1) is 6.57 Å². The minimum atomic E-state index is 0. The standard InChI is InChI=1S/C23H24BrN5O.ClH/c1-15-3-4-17(11-21(15)24)13-26-22-20-12-18(25-2)5-6-19(20)23(28-27-22)29-9-7-16(14-30)8-10-29;/h3-6,11-12,16,30H,7-10,13-14H2,1H3,(H,26,27);1H. The Balaban J connectivity index is 0.00000272. The van der Waals surface area contributed by atoms with E-state index in [1.807, 2.05) is 18.2 Å². The Bertz CT molecular complexity index is 1110. The zero-order chi connectivity index (χ0) is 21.1. The number of aromatic nitrogens is 2. The molecule has 1 saturated heterocycles. The first kappa shape index (κ1) is 23.3. The molecule has 4 rings (SSSR count). The van der Waals surface area contributed by atoms with Gasteiger partial charge in [-0.3, -0.25) is 0 Å². The SMILES string of the molecule is Cl.[C-]#[N+]c1ccc2c(N3CCC(CO)CC3)nnc(NCc3ccc(C)c(Br)c3)c2c1. The Morgan fingerprint density at radius 3 is 2.61 bits per heavy atom. The minimum Gasteiger partial charge on any atom is -0.396 e. The van der Waals surface area contributed by atoms with Crippen molar-refractivity contribution in [2.75, 3.05) is 29.9 Å². The van der Waals surface area contributed by atoms with E-state index < -0.39 is 0 Å². The van der Waals surface area contributed by atoms with E-state index >= 15 is 0 Å². The van der Waals surface area contributed by atoms with Gasteiger partial charge in [-0.15, -0.1) is 22.6 Å². The van der Waals surface area contributed by atoms with Gasteiger partial charge < -0.3 is 15.3 Å². The van der Waals surface area contributed by atoms with Crippen LogP contribution in [0, 0.1) is 19.4 Å². The minimum absolute atomic E-state index is 0. The predicted octanol–water partition coefficient (Wildman–Crippen LogP) is 5.49. The van der Waals surface area contributed by atoms with Crippen LogP contribution in [0.3, 0.4) is 0 Å². The second kappa shape index (κ2) is 10.3. The van der Waals surface area contributed by atoms with E-state index in [1.54, 1.807) is 0 Å². The summed E-state index contributed by atoms with van der Waals surface area (Å²) >= 11 is 3.58. The molecule has 0 radical (unpaired) electrons. The molecule has 1 fully saturated rings. The molecule has 0 unspecified atom stereocenters. The molecule has 1 aliphatic heterocycles. The van der Waals surface area contributed by atoms with Gasteiger partial charge in [0, 0.05) is 41.5 Å². The molecule has 0 amide bonds. The van der Waals surface area contributed by atoms with E-state index in [2.05, 4.69) is 66.3 Å². The summed E-state index contributed by atoms with van der Waals surface area (Å²) in [6.07, 6.45) is 1.89. The lowest BCUT2D eigenvalue weighted by Crippen LogP contribution is -2.35. The number of hydrogen-bond acceptors (Lipinski definition) is 5. The third kappa shape index (κ3) is 5.09. The fourth-order valence-electron chi connectivity index (χ4n) is 3.82. The van der Waals surface area contributed by atoms with Crippen LogP contribution in [0.1, 0.15) is 24.0 Å². The van der Waals surface area contributed by atoms with Crippen molar-refractivity contribution in [3.63, 3.8) is 0 Å². The van der Waals surface area contributed by atoms with Gasteiger partial charge >= 0.3 is 0 Å². The molecule has 0 saturated carbocycles. The normalized spacial score (nSPS) is 14.2. The van der Waals surface area contributed by atoms with Crippen molar-refractivity contribution in [1.29, 1.82) is 0 Å². The van der Waals surface area contributed by atoms with E-state index in [-0.39, 0.29) is 19.0 Å². The quantitative estimate of drug-likeness (QED) is 0.451. The average molecular weight is 503 g/mol. The molecule has 0 aliphatic carbocycles. The largest absolute Gasteiger partial charge is 0.396 e. The van der Waals surface area contributed by atoms with Crippen molar-refractivity contribution in [1.82, 2.24) is 10.2 Å². The van der Waals surface area contributed by atoms with Gasteiger partial charge in [-0.25, -0.2) is 4.85 Å². The summed E-state index contributed by atoms with van der Waals surface area (Å²) in [4.78, 5) is 5.83. The summed E-state index contributed by atoms with van der Waals surface area (Å²) in [5, 5.41) is 23.7. The molecular formula is C23H25BrClN5O. The van der Waals surface area contributed by atoms with Gasteiger partial charge in [-0.1, -0.05) is 40.2 Å². The highest BCUT2D eigenvalue weighted by atomic mass is 79.9. The number of piperidine rings is 1. The fraction of sp³-hybridized carbons (Fsp3) is 0.348. The van der Waals surface area contributed by atoms with Crippen molar-refractivity contribution >= 4 is 56.4 Å². The molecule has 2 aromatic carbocycles. The number of aryl methyl sites for hydroxylation is 1. The second-order valence-electron chi connectivity index (χ2n) is 7.76. The molecule has 0 spiro atoms. The van der Waals surface area contributed by atoms with Crippen LogP contribution in [0.4, 0.5) is 17.3 Å². The number of rotatable bonds is 5. The molecule has 1 aromatic heterocycles. The van der Waals surface area contributed by atoms with Gasteiger partial charge in [0.2, 0.25) is 0 Å². The molecule has 2 heterocycles. The monoisotopic (exact) mass is 501 g/mol. The van der Waals surface area contributed by atoms with Crippen LogP contribution in [0.25, 0.3) is 15.6 Å². The summed E-state index contributed by atoms with van der Waals surface area (Å²) in [6, 6.07) is 12.0. The Morgan fingerprint density at radius 1 is 1.16 bits per heavy atom. The Kier molecular flexibility index (Phi) is 7.71. The topological polar surface area (TPSA) is 65.6 Å². The van der Waals surface area contributed by atoms with Crippen LogP contribution in [0.2, 0.25) is 0 Å². The number of fused-ring (bicyclic) bond motifs is 1. The van der Waals surface area contributed by atoms with Crippen molar-refractivity contribution in [2.45, 2.75) is 26.3 Å². The van der Waals surface area contributed by atoms with E-state index in [9.17, 15) is 5.11 Å². The number of nitrogens with zero attached hydrogens (tertiary/aromatic N) is 4. The van der Waals surface area contributed by atoms with E-state index in [4.69, 9.17) is 6.57 Å². The van der Waals surface area contributed by atoms with Gasteiger partial charge in [0.25, 0.3) is 0 Å². The van der Waals surface area contributed by atoms with Crippen molar-refractivity contribution < 1.29 is 5.11 Å². The maximum Gasteiger partial charge on any atom is 0.188 e. The lowest BCUT2D eigenvalue weighted by atomic mass is 9.97. The van der Waals surface area contributed by atoms with Gasteiger partial charge in [0.15, 0.2) is 17.3 Å². The van der Waals surface area contributed by atoms with E-state index in [1.165, 1.54) is 5.56 Å². The Morgan fingerprint density at radius 2 is 1.94 bits per heavy atom. The molecule has 6 nitrogen and oxygen atoms in total. The number of aliphatic hydroxyl groups excluding tert-OH is 1. The maximum absolute atomic E-state index is 9.41. The van der Waals surface area contributed by atoms with Gasteiger partial charge in [-0.2, -0.15) is 0 Å². The summed E-state index contributed by atoms with van der Waals surface area (Å²) < 4.78 is 1.08. The first-order valence-electron chi connectivity index (χ1n) is 10.1. The molecule has 0 bridgehead atoms. The summed E-state index contributed by atoms with van der Waals surface area (Å²) in [6.45, 7) is 12.0. The average Bonchev–Trinajstić information content (AvgIpc) is 2.79. The number of hydrogen-bond donors (Lipinski definition) is 2. The molecule has 3 aromatic rings. The molecule has 0 atom stereocenters. The second-order valence-corrected chi connectivity index (χ2v) is 8.62. The zero-order valence-electron chi connectivity index (χ0n) is 17.3. The van der Waals surface area contributed by atoms with Crippen LogP contribution in [0.15, 0.2) is 40.9 Å². The number of nitrogens with one attached hydrogen (secondary N) is 1. The van der Waals surface area contributed by atoms with Crippen LogP contribution in [-0.2, 0) is 6.54 Å². The summed E-state index contributed by atoms with van der Waals surface area (Å²) in [5.41, 5.74) is 2.92. The third-order valence-electron chi connectivity index (χ3n) is 5.74. The highest BCUT2D eigenvalue weighted by Crippen LogP contribution is 2.33. The number of anilines is 2. The lowest BCUT2D eigenvalue weighted by molar-refractivity contribution is 0.203. The smallest absolute Gasteiger partial charge is 0.188 e. The Hall–Kier alpha value is -2.40. The van der Waals surface area contributed by atoms with Crippen LogP contribution in [-0.4, -0.2) is 35.0 Å². The Labute approximate surface area is 197 Å². The van der Waals surface area contributed by atoms with Gasteiger partial charge in [0.1, 0.15) is 0 Å². The molecule has 2 N–H and O–H groups in total. The van der Waals surface area contributed by atoms with Crippen LogP contribution in [0.5, 0.6) is 0 Å². The molecule has 8 heteroatoms. The summed E-state index contributed by atoms with van der Waals surface area (Å²) in [5.74, 6) is 1.90. The predicted molar refractivity (Wildman–Crippen MR) is 131 cm³/mol. The highest BCUT2D eigenvalue weighted by Gasteiger charge is 2.22. The highest BCUT2D eigenvalue weighted by molar-refractivity contribution is 9.10. The van der Waals surface area contributed by atoms with Crippen molar-refractivity contribution in [2.24, 2.45) is 5.92 Å². The zero-order valence-corrected chi connectivity index (χ0v) is 19.7. The molecule has 1 aliphatic rings. The lowest BCUT2D eigenvalue weighted by Gasteiger charge is -2.32. The van der Waals surface area contributed by atoms with Crippen molar-refractivity contribution in [3.05, 3.63) is 63.4 Å². The number of benzene rings is 2. The molecular weight excluding hydrogens is 478 g/mol. The van der Waals surface area contributed by atoms with Crippen LogP contribution < -0.4 is 10.2 Å². The van der Waals surface area contributed by atoms with E-state index in [0.29, 0.717) is 24.0 Å². The van der Waals surface area contributed by atoms with Crippen LogP contribution >= 0.6 is 28.3 Å². The van der Waals surface area contributed by atoms with E-state index in [0.717, 1.165) is 52.6 Å². The molecule has 31 heavy (non-hydrogen) atoms. The van der Waals surface area contributed by atoms with Crippen molar-refractivity contribution in [3.8, 4) is 0 Å². The number of aliphatic hydroxyl groups is 1. The van der Waals surface area contributed by atoms with Gasteiger partial charge in [-0.05, 0) is 48.9 Å². The fourth-order valence-corrected chi connectivity index (χ4v) is 4.25. The third-order valence-corrected chi connectivity index (χ3v) is 6.60.